The van der Waals surface area contributed by atoms with Gasteiger partial charge in [0.15, 0.2) is 0 Å². The molecule has 32 heavy (non-hydrogen) atoms. The fraction of sp³-hybridized carbons (Fsp3) is 0.208. The maximum atomic E-state index is 13.0. The number of hydrogen-bond acceptors (Lipinski definition) is 4. The molecular formula is C24H23ClN2O3S2. The Hall–Kier alpha value is -2.45. The highest BCUT2D eigenvalue weighted by Crippen LogP contribution is 2.25. The second kappa shape index (κ2) is 8.83. The zero-order valence-corrected chi connectivity index (χ0v) is 20.3. The Kier molecular flexibility index (Phi) is 6.27. The summed E-state index contributed by atoms with van der Waals surface area (Å²) in [4.78, 5) is 12.6. The molecule has 0 aliphatic carbocycles. The molecule has 8 heteroatoms. The maximum absolute atomic E-state index is 13.0. The third-order valence-electron chi connectivity index (χ3n) is 5.60. The maximum Gasteiger partial charge on any atom is 0.308 e. The Bertz CT molecular complexity index is 1470. The second-order valence-corrected chi connectivity index (χ2v) is 11.0. The van der Waals surface area contributed by atoms with E-state index >= 15 is 0 Å². The molecule has 0 amide bonds. The van der Waals surface area contributed by atoms with Crippen LogP contribution in [-0.4, -0.2) is 13.0 Å². The van der Waals surface area contributed by atoms with E-state index in [9.17, 15) is 13.2 Å². The molecule has 4 rings (SSSR count). The van der Waals surface area contributed by atoms with E-state index in [-0.39, 0.29) is 9.77 Å². The number of nitrogens with zero attached hydrogens (tertiary/aromatic N) is 1. The molecule has 1 aromatic heterocycles. The highest BCUT2D eigenvalue weighted by atomic mass is 35.5. The molecule has 0 aliphatic heterocycles. The highest BCUT2D eigenvalue weighted by Gasteiger charge is 2.20. The quantitative estimate of drug-likeness (QED) is 0.395. The zero-order chi connectivity index (χ0) is 23.0. The number of nitrogens with one attached hydrogen (secondary N) is 1. The van der Waals surface area contributed by atoms with Crippen molar-refractivity contribution in [2.24, 2.45) is 0 Å². The summed E-state index contributed by atoms with van der Waals surface area (Å²) in [5.74, 6) is 0. The first-order valence-corrected chi connectivity index (χ1v) is 12.8. The molecule has 1 heterocycles. The van der Waals surface area contributed by atoms with Crippen molar-refractivity contribution in [2.45, 2.75) is 38.3 Å². The van der Waals surface area contributed by atoms with Crippen LogP contribution in [0.15, 0.2) is 70.4 Å². The van der Waals surface area contributed by atoms with Gasteiger partial charge in [-0.2, -0.15) is 0 Å². The molecule has 0 fully saturated rings. The Balaban J connectivity index is 1.64. The molecule has 0 spiro atoms. The Labute approximate surface area is 196 Å². The lowest BCUT2D eigenvalue weighted by molar-refractivity contribution is 0.567. The Morgan fingerprint density at radius 1 is 1.03 bits per heavy atom. The fourth-order valence-electron chi connectivity index (χ4n) is 3.56. The topological polar surface area (TPSA) is 68.2 Å². The van der Waals surface area contributed by atoms with E-state index < -0.39 is 16.1 Å². The number of rotatable bonds is 6. The molecule has 166 valence electrons. The van der Waals surface area contributed by atoms with Gasteiger partial charge in [0.25, 0.3) is 0 Å². The van der Waals surface area contributed by atoms with Gasteiger partial charge in [-0.05, 0) is 67.3 Å². The minimum absolute atomic E-state index is 0.131. The van der Waals surface area contributed by atoms with Gasteiger partial charge in [0.2, 0.25) is 10.0 Å². The van der Waals surface area contributed by atoms with Crippen LogP contribution < -0.4 is 9.60 Å². The minimum Gasteiger partial charge on any atom is -0.294 e. The molecule has 1 N–H and O–H groups in total. The van der Waals surface area contributed by atoms with Gasteiger partial charge in [-0.15, -0.1) is 0 Å². The van der Waals surface area contributed by atoms with Gasteiger partial charge in [-0.1, -0.05) is 59.3 Å². The van der Waals surface area contributed by atoms with Crippen LogP contribution in [0.3, 0.4) is 0 Å². The summed E-state index contributed by atoms with van der Waals surface area (Å²) in [5.41, 5.74) is 4.68. The van der Waals surface area contributed by atoms with E-state index in [0.29, 0.717) is 21.8 Å². The Morgan fingerprint density at radius 3 is 2.50 bits per heavy atom. The van der Waals surface area contributed by atoms with E-state index in [1.165, 1.54) is 6.07 Å². The number of aromatic nitrogens is 1. The summed E-state index contributed by atoms with van der Waals surface area (Å²) in [6, 6.07) is 17.6. The van der Waals surface area contributed by atoms with Crippen molar-refractivity contribution in [3.63, 3.8) is 0 Å². The van der Waals surface area contributed by atoms with Crippen LogP contribution in [0, 0.1) is 13.8 Å². The number of thiazole rings is 1. The van der Waals surface area contributed by atoms with Gasteiger partial charge in [0.1, 0.15) is 0 Å². The smallest absolute Gasteiger partial charge is 0.294 e. The normalized spacial score (nSPS) is 12.9. The molecule has 4 aromatic rings. The molecule has 0 saturated heterocycles. The van der Waals surface area contributed by atoms with E-state index in [0.717, 1.165) is 33.6 Å². The molecule has 3 aromatic carbocycles. The van der Waals surface area contributed by atoms with Gasteiger partial charge >= 0.3 is 4.87 Å². The number of sulfonamides is 1. The summed E-state index contributed by atoms with van der Waals surface area (Å²) >= 11 is 7.27. The van der Waals surface area contributed by atoms with E-state index in [4.69, 9.17) is 11.6 Å². The molecule has 0 aliphatic rings. The molecule has 0 radical (unpaired) electrons. The average molecular weight is 487 g/mol. The SMILES string of the molecule is Cc1ccc(C(C)NS(=O)(=O)c2ccc3c(c2)sc(=O)n3Cc2ccccc2Cl)cc1C. The summed E-state index contributed by atoms with van der Waals surface area (Å²) in [6.45, 7) is 6.17. The summed E-state index contributed by atoms with van der Waals surface area (Å²) in [6.07, 6.45) is 0. The van der Waals surface area contributed by atoms with Crippen LogP contribution in [0.25, 0.3) is 10.2 Å². The standard InChI is InChI=1S/C24H23ClN2O3S2/c1-15-8-9-18(12-16(15)2)17(3)26-32(29,30)20-10-11-22-23(13-20)31-24(28)27(22)14-19-6-4-5-7-21(19)25/h4-13,17,26H,14H2,1-3H3. The lowest BCUT2D eigenvalue weighted by Gasteiger charge is -2.16. The average Bonchev–Trinajstić information content (AvgIpc) is 3.05. The van der Waals surface area contributed by atoms with Gasteiger partial charge in [-0.3, -0.25) is 9.36 Å². The number of benzene rings is 3. The van der Waals surface area contributed by atoms with Gasteiger partial charge in [-0.25, -0.2) is 13.1 Å². The predicted molar refractivity (Wildman–Crippen MR) is 131 cm³/mol. The van der Waals surface area contributed by atoms with Crippen molar-refractivity contribution < 1.29 is 8.42 Å². The Morgan fingerprint density at radius 2 is 1.78 bits per heavy atom. The van der Waals surface area contributed by atoms with Crippen molar-refractivity contribution in [1.29, 1.82) is 0 Å². The van der Waals surface area contributed by atoms with Crippen molar-refractivity contribution in [3.05, 3.63) is 97.6 Å². The first-order valence-electron chi connectivity index (χ1n) is 10.1. The molecule has 5 nitrogen and oxygen atoms in total. The van der Waals surface area contributed by atoms with E-state index in [1.54, 1.807) is 22.8 Å². The van der Waals surface area contributed by atoms with Crippen LogP contribution in [0.4, 0.5) is 0 Å². The number of hydrogen-bond donors (Lipinski definition) is 1. The lowest BCUT2D eigenvalue weighted by atomic mass is 10.0. The number of fused-ring (bicyclic) bond motifs is 1. The van der Waals surface area contributed by atoms with E-state index in [1.807, 2.05) is 57.2 Å². The predicted octanol–water partition coefficient (Wildman–Crippen LogP) is 5.42. The zero-order valence-electron chi connectivity index (χ0n) is 17.9. The summed E-state index contributed by atoms with van der Waals surface area (Å²) in [7, 11) is -3.77. The summed E-state index contributed by atoms with van der Waals surface area (Å²) in [5, 5.41) is 0.586. The third kappa shape index (κ3) is 4.52. The highest BCUT2D eigenvalue weighted by molar-refractivity contribution is 7.89. The largest absolute Gasteiger partial charge is 0.308 e. The lowest BCUT2D eigenvalue weighted by Crippen LogP contribution is -2.27. The van der Waals surface area contributed by atoms with E-state index in [2.05, 4.69) is 4.72 Å². The van der Waals surface area contributed by atoms with Gasteiger partial charge < -0.3 is 0 Å². The first-order chi connectivity index (χ1) is 15.2. The molecule has 1 unspecified atom stereocenters. The van der Waals surface area contributed by atoms with Crippen molar-refractivity contribution in [1.82, 2.24) is 9.29 Å². The van der Waals surface area contributed by atoms with Crippen LogP contribution in [0.5, 0.6) is 0 Å². The van der Waals surface area contributed by atoms with Crippen LogP contribution >= 0.6 is 22.9 Å². The van der Waals surface area contributed by atoms with Gasteiger partial charge in [0.05, 0.1) is 21.7 Å². The number of aryl methyl sites for hydroxylation is 2. The molecule has 1 atom stereocenters. The van der Waals surface area contributed by atoms with Crippen molar-refractivity contribution in [2.75, 3.05) is 0 Å². The summed E-state index contributed by atoms with van der Waals surface area (Å²) < 4.78 is 31.0. The van der Waals surface area contributed by atoms with Crippen LogP contribution in [0.2, 0.25) is 5.02 Å². The monoisotopic (exact) mass is 486 g/mol. The second-order valence-electron chi connectivity index (χ2n) is 7.86. The van der Waals surface area contributed by atoms with Crippen LogP contribution in [-0.2, 0) is 16.6 Å². The van der Waals surface area contributed by atoms with Crippen molar-refractivity contribution in [3.8, 4) is 0 Å². The minimum atomic E-state index is -3.77. The number of halogens is 1. The van der Waals surface area contributed by atoms with Crippen molar-refractivity contribution >= 4 is 43.2 Å². The first kappa shape index (κ1) is 22.7. The molecule has 0 bridgehead atoms. The fourth-order valence-corrected chi connectivity index (χ4v) is 6.02. The van der Waals surface area contributed by atoms with Crippen LogP contribution in [0.1, 0.15) is 35.2 Å². The third-order valence-corrected chi connectivity index (χ3v) is 8.45. The van der Waals surface area contributed by atoms with Gasteiger partial charge in [0, 0.05) is 11.1 Å². The molecule has 0 saturated carbocycles. The molecular weight excluding hydrogens is 464 g/mol.